The molecule has 330 valence electrons. The average Bonchev–Trinajstić information content (AvgIpc) is 3.15. The number of carbonyl (C=O) groups excluding carboxylic acids is 1. The van der Waals surface area contributed by atoms with E-state index < -0.39 is 20.0 Å². The lowest BCUT2D eigenvalue weighted by molar-refractivity contribution is -0.870. The number of aliphatic hydroxyl groups excluding tert-OH is 1. The molecule has 1 amide bonds. The summed E-state index contributed by atoms with van der Waals surface area (Å²) in [5.41, 5.74) is 0. The van der Waals surface area contributed by atoms with Crippen molar-refractivity contribution in [2.24, 2.45) is 0 Å². The Kier molecular flexibility index (Phi) is 38.3. The molecule has 3 atom stereocenters. The van der Waals surface area contributed by atoms with Crippen LogP contribution in [0.4, 0.5) is 0 Å². The summed E-state index contributed by atoms with van der Waals surface area (Å²) in [6.07, 6.45) is 47.9. The highest BCUT2D eigenvalue weighted by Crippen LogP contribution is 2.43. The molecule has 0 bridgehead atoms. The van der Waals surface area contributed by atoms with Crippen molar-refractivity contribution in [2.45, 2.75) is 219 Å². The number of phosphoric acid groups is 1. The van der Waals surface area contributed by atoms with Gasteiger partial charge in [0, 0.05) is 6.42 Å². The lowest BCUT2D eigenvalue weighted by Gasteiger charge is -2.25. The molecule has 0 spiro atoms. The number of likely N-dealkylation sites (N-methyl/N-ethyl adjacent to an activating group) is 1. The Balaban J connectivity index is 4.34. The van der Waals surface area contributed by atoms with E-state index in [9.17, 15) is 19.4 Å². The van der Waals surface area contributed by atoms with E-state index in [1.807, 2.05) is 27.2 Å². The van der Waals surface area contributed by atoms with Crippen molar-refractivity contribution >= 4 is 13.7 Å². The van der Waals surface area contributed by atoms with E-state index >= 15 is 0 Å². The summed E-state index contributed by atoms with van der Waals surface area (Å²) >= 11 is 0. The number of quaternary nitrogens is 1. The van der Waals surface area contributed by atoms with Gasteiger partial charge in [-0.2, -0.15) is 0 Å². The van der Waals surface area contributed by atoms with Gasteiger partial charge in [0.05, 0.1) is 39.9 Å². The Bertz CT molecular complexity index is 1010. The van der Waals surface area contributed by atoms with Gasteiger partial charge in [-0.05, 0) is 57.8 Å². The number of rotatable bonds is 42. The van der Waals surface area contributed by atoms with Crippen LogP contribution in [-0.4, -0.2) is 73.4 Å². The second kappa shape index (κ2) is 39.2. The summed E-state index contributed by atoms with van der Waals surface area (Å²) in [4.78, 5) is 23.1. The van der Waals surface area contributed by atoms with Gasteiger partial charge in [-0.1, -0.05) is 179 Å². The number of phosphoric ester groups is 1. The Morgan fingerprint density at radius 3 is 1.43 bits per heavy atom. The molecule has 9 heteroatoms. The molecule has 0 fully saturated rings. The van der Waals surface area contributed by atoms with Crippen LogP contribution in [0.15, 0.2) is 36.5 Å². The van der Waals surface area contributed by atoms with E-state index in [4.69, 9.17) is 9.05 Å². The third-order valence-corrected chi connectivity index (χ3v) is 11.3. The van der Waals surface area contributed by atoms with Crippen LogP contribution in [0.5, 0.6) is 0 Å². The van der Waals surface area contributed by atoms with Gasteiger partial charge in [0.25, 0.3) is 0 Å². The average molecular weight is 812 g/mol. The van der Waals surface area contributed by atoms with Crippen LogP contribution in [0.3, 0.4) is 0 Å². The summed E-state index contributed by atoms with van der Waals surface area (Å²) in [5, 5.41) is 13.8. The van der Waals surface area contributed by atoms with Crippen molar-refractivity contribution < 1.29 is 32.9 Å². The summed E-state index contributed by atoms with van der Waals surface area (Å²) in [6.45, 7) is 4.78. The number of unbranched alkanes of at least 4 members (excludes halogenated alkanes) is 25. The van der Waals surface area contributed by atoms with E-state index in [1.165, 1.54) is 148 Å². The molecule has 0 heterocycles. The molecule has 0 saturated carbocycles. The monoisotopic (exact) mass is 812 g/mol. The molecule has 0 aliphatic rings. The van der Waals surface area contributed by atoms with Crippen molar-refractivity contribution in [2.75, 3.05) is 40.9 Å². The molecular formula is C47H92N2O6P+. The number of nitrogens with zero attached hydrogens (tertiary/aromatic N) is 1. The largest absolute Gasteiger partial charge is 0.472 e. The normalized spacial score (nSPS) is 14.6. The SMILES string of the molecule is CCCCCCCC/C=C/CCCCCCCCCCCCCC(=O)N[C@@H](COP(=O)(O)OCC[N+](C)(C)C)[C@H](O)/C=C/CC/C=C/CCCCCCCCC. The minimum atomic E-state index is -4.34. The lowest BCUT2D eigenvalue weighted by atomic mass is 10.0. The number of amides is 1. The fraction of sp³-hybridized carbons (Fsp3) is 0.851. The van der Waals surface area contributed by atoms with Gasteiger partial charge in [-0.25, -0.2) is 4.57 Å². The maximum atomic E-state index is 12.9. The first-order chi connectivity index (χ1) is 27.0. The van der Waals surface area contributed by atoms with E-state index in [1.54, 1.807) is 6.08 Å². The summed E-state index contributed by atoms with van der Waals surface area (Å²) in [5.74, 6) is -0.189. The van der Waals surface area contributed by atoms with Gasteiger partial charge in [0.2, 0.25) is 5.91 Å². The number of aliphatic hydroxyl groups is 1. The summed E-state index contributed by atoms with van der Waals surface area (Å²) in [6, 6.07) is -0.861. The highest BCUT2D eigenvalue weighted by molar-refractivity contribution is 7.47. The first kappa shape index (κ1) is 54.7. The molecule has 0 aromatic rings. The predicted octanol–water partition coefficient (Wildman–Crippen LogP) is 13.1. The lowest BCUT2D eigenvalue weighted by Crippen LogP contribution is -2.45. The smallest absolute Gasteiger partial charge is 0.387 e. The minimum Gasteiger partial charge on any atom is -0.387 e. The molecule has 3 N–H and O–H groups in total. The maximum absolute atomic E-state index is 12.9. The molecular weight excluding hydrogens is 719 g/mol. The fourth-order valence-corrected chi connectivity index (χ4v) is 7.32. The third kappa shape index (κ3) is 40.9. The first-order valence-corrected chi connectivity index (χ1v) is 24.9. The van der Waals surface area contributed by atoms with Crippen LogP contribution in [0.2, 0.25) is 0 Å². The van der Waals surface area contributed by atoms with Crippen LogP contribution in [0.25, 0.3) is 0 Å². The van der Waals surface area contributed by atoms with Gasteiger partial charge < -0.3 is 19.8 Å². The van der Waals surface area contributed by atoms with Crippen LogP contribution < -0.4 is 5.32 Å². The number of allylic oxidation sites excluding steroid dienone is 5. The molecule has 0 aromatic carbocycles. The molecule has 0 radical (unpaired) electrons. The standard InChI is InChI=1S/C47H91N2O6P/c1-6-8-10-12-14-16-18-20-21-22-23-24-25-26-27-29-31-33-35-37-39-41-47(51)48-45(44-55-56(52,53)54-43-42-49(3,4)5)46(50)40-38-36-34-32-30-28-19-17-15-13-11-9-7-2/h20-21,30,32,38,40,45-46,50H,6-19,22-29,31,33-37,39,41-44H2,1-5H3,(H-,48,51,52,53)/p+1/b21-20+,32-30+,40-38+/t45-,46+/m0/s1. The Labute approximate surface area is 347 Å². The molecule has 8 nitrogen and oxygen atoms in total. The van der Waals surface area contributed by atoms with E-state index in [0.717, 1.165) is 38.5 Å². The summed E-state index contributed by atoms with van der Waals surface area (Å²) < 4.78 is 23.5. The topological polar surface area (TPSA) is 105 Å². The van der Waals surface area contributed by atoms with Gasteiger partial charge >= 0.3 is 7.82 Å². The molecule has 56 heavy (non-hydrogen) atoms. The van der Waals surface area contributed by atoms with E-state index in [2.05, 4.69) is 43.5 Å². The second-order valence-electron chi connectivity index (χ2n) is 17.1. The zero-order chi connectivity index (χ0) is 41.4. The van der Waals surface area contributed by atoms with Crippen molar-refractivity contribution in [3.63, 3.8) is 0 Å². The molecule has 0 saturated heterocycles. The van der Waals surface area contributed by atoms with Gasteiger partial charge in [0.1, 0.15) is 13.2 Å². The molecule has 1 unspecified atom stereocenters. The Morgan fingerprint density at radius 1 is 0.589 bits per heavy atom. The molecule has 0 aliphatic carbocycles. The molecule has 0 aliphatic heterocycles. The highest BCUT2D eigenvalue weighted by atomic mass is 31.2. The molecule has 0 aromatic heterocycles. The van der Waals surface area contributed by atoms with Crippen molar-refractivity contribution in [1.82, 2.24) is 5.32 Å². The number of carbonyl (C=O) groups is 1. The predicted molar refractivity (Wildman–Crippen MR) is 240 cm³/mol. The Hall–Kier alpha value is -1.28. The van der Waals surface area contributed by atoms with Crippen LogP contribution >= 0.6 is 7.82 Å². The van der Waals surface area contributed by atoms with Crippen molar-refractivity contribution in [3.8, 4) is 0 Å². The van der Waals surface area contributed by atoms with Gasteiger partial charge in [0.15, 0.2) is 0 Å². The van der Waals surface area contributed by atoms with Crippen LogP contribution in [0, 0.1) is 0 Å². The fourth-order valence-electron chi connectivity index (χ4n) is 6.58. The van der Waals surface area contributed by atoms with E-state index in [0.29, 0.717) is 17.4 Å². The minimum absolute atomic E-state index is 0.0563. The van der Waals surface area contributed by atoms with Crippen molar-refractivity contribution in [3.05, 3.63) is 36.5 Å². The van der Waals surface area contributed by atoms with Gasteiger partial charge in [-0.15, -0.1) is 0 Å². The number of nitrogens with one attached hydrogen (secondary N) is 1. The first-order valence-electron chi connectivity index (χ1n) is 23.4. The van der Waals surface area contributed by atoms with Gasteiger partial charge in [-0.3, -0.25) is 13.8 Å². The third-order valence-electron chi connectivity index (χ3n) is 10.3. The zero-order valence-corrected chi connectivity index (χ0v) is 38.3. The second-order valence-corrected chi connectivity index (χ2v) is 18.6. The van der Waals surface area contributed by atoms with Crippen LogP contribution in [-0.2, 0) is 18.4 Å². The quantitative estimate of drug-likeness (QED) is 0.0245. The van der Waals surface area contributed by atoms with Crippen LogP contribution in [0.1, 0.15) is 206 Å². The number of hydrogen-bond acceptors (Lipinski definition) is 5. The highest BCUT2D eigenvalue weighted by Gasteiger charge is 2.27. The zero-order valence-electron chi connectivity index (χ0n) is 37.4. The maximum Gasteiger partial charge on any atom is 0.472 e. The molecule has 0 rings (SSSR count). The Morgan fingerprint density at radius 2 is 0.982 bits per heavy atom. The van der Waals surface area contributed by atoms with E-state index in [-0.39, 0.29) is 19.1 Å². The van der Waals surface area contributed by atoms with Crippen molar-refractivity contribution in [1.29, 1.82) is 0 Å². The summed E-state index contributed by atoms with van der Waals surface area (Å²) in [7, 11) is 1.55. The number of hydrogen-bond donors (Lipinski definition) is 3.